The lowest BCUT2D eigenvalue weighted by molar-refractivity contribution is -0.177. The van der Waals surface area contributed by atoms with E-state index in [0.717, 1.165) is 5.56 Å². The van der Waals surface area contributed by atoms with Crippen LogP contribution in [0.5, 0.6) is 0 Å². The van der Waals surface area contributed by atoms with Crippen molar-refractivity contribution in [2.24, 2.45) is 0 Å². The van der Waals surface area contributed by atoms with Crippen molar-refractivity contribution < 1.29 is 28.9 Å². The lowest BCUT2D eigenvalue weighted by atomic mass is 9.72. The van der Waals surface area contributed by atoms with Gasteiger partial charge in [0.1, 0.15) is 17.8 Å². The standard InChI is InChI=1S/C31H31BrN2O6/c32-28-26(10-5-15-33-28)31(40-19-27(35)36)13-11-30(12-14-31)20-34(16-17-39-30)29(37)38-18-25-23-8-3-1-6-21(23)22-7-2-4-9-24(22)25/h1-10,15,25H,11-14,16-20H2,(H,35,36). The van der Waals surface area contributed by atoms with E-state index in [1.54, 1.807) is 11.1 Å². The Morgan fingerprint density at radius 2 is 1.68 bits per heavy atom. The molecule has 2 aliphatic carbocycles. The minimum Gasteiger partial charge on any atom is -0.480 e. The van der Waals surface area contributed by atoms with Gasteiger partial charge in [-0.15, -0.1) is 0 Å². The minimum absolute atomic E-state index is 0.00552. The highest BCUT2D eigenvalue weighted by molar-refractivity contribution is 9.10. The number of carbonyl (C=O) groups is 2. The Labute approximate surface area is 241 Å². The Balaban J connectivity index is 1.13. The third-order valence-electron chi connectivity index (χ3n) is 8.53. The monoisotopic (exact) mass is 606 g/mol. The van der Waals surface area contributed by atoms with Gasteiger partial charge < -0.3 is 24.2 Å². The molecule has 6 rings (SSSR count). The quantitative estimate of drug-likeness (QED) is 0.357. The molecule has 208 valence electrons. The molecule has 1 aliphatic heterocycles. The molecule has 0 bridgehead atoms. The molecule has 2 heterocycles. The van der Waals surface area contributed by atoms with Gasteiger partial charge in [0.2, 0.25) is 0 Å². The molecule has 3 aliphatic rings. The number of rotatable bonds is 6. The summed E-state index contributed by atoms with van der Waals surface area (Å²) in [4.78, 5) is 30.8. The molecule has 8 nitrogen and oxygen atoms in total. The summed E-state index contributed by atoms with van der Waals surface area (Å²) in [6.07, 6.45) is 3.66. The molecule has 0 radical (unpaired) electrons. The van der Waals surface area contributed by atoms with Gasteiger partial charge in [0.25, 0.3) is 0 Å². The number of carboxylic acid groups (broad SMARTS) is 1. The number of hydrogen-bond donors (Lipinski definition) is 1. The van der Waals surface area contributed by atoms with Gasteiger partial charge in [0, 0.05) is 24.2 Å². The van der Waals surface area contributed by atoms with Crippen LogP contribution in [0.4, 0.5) is 4.79 Å². The number of hydrogen-bond acceptors (Lipinski definition) is 6. The molecule has 2 aromatic carbocycles. The predicted octanol–water partition coefficient (Wildman–Crippen LogP) is 5.73. The fraction of sp³-hybridized carbons (Fsp3) is 0.387. The van der Waals surface area contributed by atoms with E-state index < -0.39 is 23.8 Å². The second-order valence-electron chi connectivity index (χ2n) is 10.8. The van der Waals surface area contributed by atoms with Crippen LogP contribution in [-0.2, 0) is 24.6 Å². The van der Waals surface area contributed by atoms with Crippen LogP contribution in [0.3, 0.4) is 0 Å². The number of carbonyl (C=O) groups excluding carboxylic acids is 1. The van der Waals surface area contributed by atoms with Gasteiger partial charge in [0.05, 0.1) is 24.4 Å². The highest BCUT2D eigenvalue weighted by atomic mass is 79.9. The van der Waals surface area contributed by atoms with Gasteiger partial charge in [-0.25, -0.2) is 14.6 Å². The van der Waals surface area contributed by atoms with Crippen LogP contribution in [0.2, 0.25) is 0 Å². The summed E-state index contributed by atoms with van der Waals surface area (Å²) in [5, 5.41) is 9.32. The molecule has 0 unspecified atom stereocenters. The van der Waals surface area contributed by atoms with Crippen LogP contribution >= 0.6 is 15.9 Å². The first-order chi connectivity index (χ1) is 19.4. The summed E-state index contributed by atoms with van der Waals surface area (Å²) in [6, 6.07) is 20.3. The second-order valence-corrected chi connectivity index (χ2v) is 11.5. The van der Waals surface area contributed by atoms with Crippen molar-refractivity contribution in [3.05, 3.63) is 88.2 Å². The number of amides is 1. The zero-order valence-corrected chi connectivity index (χ0v) is 23.6. The number of benzene rings is 2. The average molecular weight is 608 g/mol. The van der Waals surface area contributed by atoms with Crippen molar-refractivity contribution in [1.82, 2.24) is 9.88 Å². The average Bonchev–Trinajstić information content (AvgIpc) is 3.30. The summed E-state index contributed by atoms with van der Waals surface area (Å²) in [5.74, 6) is -1.01. The first-order valence-electron chi connectivity index (χ1n) is 13.6. The smallest absolute Gasteiger partial charge is 0.409 e. The number of halogens is 1. The summed E-state index contributed by atoms with van der Waals surface area (Å²) in [5.41, 5.74) is 4.25. The molecule has 40 heavy (non-hydrogen) atoms. The number of aliphatic carboxylic acids is 1. The maximum Gasteiger partial charge on any atom is 0.409 e. The van der Waals surface area contributed by atoms with Crippen LogP contribution in [0, 0.1) is 0 Å². The molecule has 1 N–H and O–H groups in total. The molecular weight excluding hydrogens is 576 g/mol. The lowest BCUT2D eigenvalue weighted by Crippen LogP contribution is -2.57. The van der Waals surface area contributed by atoms with Crippen molar-refractivity contribution in [2.75, 3.05) is 32.9 Å². The van der Waals surface area contributed by atoms with Crippen molar-refractivity contribution in [2.45, 2.75) is 42.8 Å². The summed E-state index contributed by atoms with van der Waals surface area (Å²) in [7, 11) is 0. The number of morpholine rings is 1. The Bertz CT molecular complexity index is 1370. The fourth-order valence-corrected chi connectivity index (χ4v) is 7.13. The van der Waals surface area contributed by atoms with Crippen molar-refractivity contribution >= 4 is 28.0 Å². The van der Waals surface area contributed by atoms with E-state index in [1.165, 1.54) is 22.3 Å². The third kappa shape index (κ3) is 5.02. The van der Waals surface area contributed by atoms with Gasteiger partial charge in [-0.3, -0.25) is 0 Å². The summed E-state index contributed by atoms with van der Waals surface area (Å²) >= 11 is 3.52. The SMILES string of the molecule is O=C(O)COC1(c2cccnc2Br)CCC2(CC1)CN(C(=O)OCC1c3ccccc3-c3ccccc31)CCO2. The van der Waals surface area contributed by atoms with E-state index in [2.05, 4.69) is 45.2 Å². The van der Waals surface area contributed by atoms with Crippen LogP contribution in [0.15, 0.2) is 71.5 Å². The van der Waals surface area contributed by atoms with Gasteiger partial charge >= 0.3 is 12.1 Å². The van der Waals surface area contributed by atoms with Gasteiger partial charge in [0.15, 0.2) is 0 Å². The zero-order valence-electron chi connectivity index (χ0n) is 22.1. The van der Waals surface area contributed by atoms with Crippen LogP contribution < -0.4 is 0 Å². The largest absolute Gasteiger partial charge is 0.480 e. The number of aromatic nitrogens is 1. The summed E-state index contributed by atoms with van der Waals surface area (Å²) < 4.78 is 18.9. The number of carboxylic acids is 1. The van der Waals surface area contributed by atoms with E-state index in [1.807, 2.05) is 36.4 Å². The molecule has 1 saturated carbocycles. The molecular formula is C31H31BrN2O6. The first-order valence-corrected chi connectivity index (χ1v) is 14.4. The van der Waals surface area contributed by atoms with E-state index in [-0.39, 0.29) is 18.6 Å². The molecule has 9 heteroatoms. The maximum atomic E-state index is 13.3. The van der Waals surface area contributed by atoms with Crippen LogP contribution in [0.25, 0.3) is 11.1 Å². The Hall–Kier alpha value is -3.27. The second kappa shape index (κ2) is 11.0. The third-order valence-corrected chi connectivity index (χ3v) is 9.17. The van der Waals surface area contributed by atoms with Gasteiger partial charge in [-0.2, -0.15) is 0 Å². The molecule has 1 saturated heterocycles. The highest BCUT2D eigenvalue weighted by Crippen LogP contribution is 2.48. The van der Waals surface area contributed by atoms with Crippen LogP contribution in [-0.4, -0.2) is 65.6 Å². The number of ether oxygens (including phenoxy) is 3. The molecule has 1 amide bonds. The van der Waals surface area contributed by atoms with Crippen LogP contribution in [0.1, 0.15) is 48.3 Å². The van der Waals surface area contributed by atoms with Crippen molar-refractivity contribution in [3.8, 4) is 11.1 Å². The van der Waals surface area contributed by atoms with Crippen molar-refractivity contribution in [3.63, 3.8) is 0 Å². The highest BCUT2D eigenvalue weighted by Gasteiger charge is 2.49. The molecule has 0 atom stereocenters. The number of nitrogens with zero attached hydrogens (tertiary/aromatic N) is 2. The zero-order chi connectivity index (χ0) is 27.7. The van der Waals surface area contributed by atoms with Gasteiger partial charge in [-0.1, -0.05) is 54.6 Å². The van der Waals surface area contributed by atoms with E-state index >= 15 is 0 Å². The Kier molecular flexibility index (Phi) is 7.37. The molecule has 1 spiro atoms. The topological polar surface area (TPSA) is 98.2 Å². The Morgan fingerprint density at radius 3 is 2.33 bits per heavy atom. The van der Waals surface area contributed by atoms with E-state index in [0.29, 0.717) is 50.0 Å². The first kappa shape index (κ1) is 26.9. The predicted molar refractivity (Wildman–Crippen MR) is 151 cm³/mol. The van der Waals surface area contributed by atoms with Gasteiger partial charge in [-0.05, 0) is 69.9 Å². The van der Waals surface area contributed by atoms with E-state index in [9.17, 15) is 14.7 Å². The number of pyridine rings is 1. The fourth-order valence-electron chi connectivity index (χ4n) is 6.52. The maximum absolute atomic E-state index is 13.3. The normalized spacial score (nSPS) is 24.0. The lowest BCUT2D eigenvalue weighted by Gasteiger charge is -2.49. The van der Waals surface area contributed by atoms with E-state index in [4.69, 9.17) is 14.2 Å². The molecule has 1 aromatic heterocycles. The number of fused-ring (bicyclic) bond motifs is 3. The van der Waals surface area contributed by atoms with Crippen molar-refractivity contribution in [1.29, 1.82) is 0 Å². The molecule has 2 fully saturated rings. The summed E-state index contributed by atoms with van der Waals surface area (Å²) in [6.45, 7) is 1.18. The molecule has 3 aromatic rings. The minimum atomic E-state index is -1.02. The Morgan fingerprint density at radius 1 is 1.00 bits per heavy atom.